The van der Waals surface area contributed by atoms with Gasteiger partial charge < -0.3 is 15.8 Å². The summed E-state index contributed by atoms with van der Waals surface area (Å²) in [5.74, 6) is -0.258. The van der Waals surface area contributed by atoms with Gasteiger partial charge in [0.05, 0.1) is 0 Å². The first-order chi connectivity index (χ1) is 10.0. The van der Waals surface area contributed by atoms with E-state index in [-0.39, 0.29) is 12.5 Å². The van der Waals surface area contributed by atoms with Gasteiger partial charge in [-0.2, -0.15) is 0 Å². The molecule has 0 heterocycles. The molecule has 2 aromatic carbocycles. The van der Waals surface area contributed by atoms with Crippen molar-refractivity contribution in [2.24, 2.45) is 5.73 Å². The zero-order valence-corrected chi connectivity index (χ0v) is 13.2. The molecule has 0 radical (unpaired) electrons. The summed E-state index contributed by atoms with van der Waals surface area (Å²) in [5, 5.41) is 2.74. The number of anilines is 1. The molecule has 0 spiro atoms. The van der Waals surface area contributed by atoms with Crippen molar-refractivity contribution < 1.29 is 14.3 Å². The molecular weight excluding hydrogens is 383 g/mol. The quantitative estimate of drug-likeness (QED) is 0.762. The lowest BCUT2D eigenvalue weighted by molar-refractivity contribution is -0.118. The average Bonchev–Trinajstić information content (AvgIpc) is 2.45. The lowest BCUT2D eigenvalue weighted by Gasteiger charge is -2.08. The Morgan fingerprint density at radius 3 is 2.48 bits per heavy atom. The van der Waals surface area contributed by atoms with Crippen molar-refractivity contribution in [3.05, 3.63) is 57.7 Å². The maximum Gasteiger partial charge on any atom is 0.262 e. The number of nitrogens with one attached hydrogen (secondary N) is 1. The highest BCUT2D eigenvalue weighted by molar-refractivity contribution is 14.1. The highest BCUT2D eigenvalue weighted by Gasteiger charge is 2.05. The third-order valence-electron chi connectivity index (χ3n) is 2.62. The summed E-state index contributed by atoms with van der Waals surface area (Å²) in [7, 11) is 0. The minimum atomic E-state index is -0.502. The Hall–Kier alpha value is -2.09. The Labute approximate surface area is 135 Å². The Balaban J connectivity index is 1.87. The second-order valence-corrected chi connectivity index (χ2v) is 5.48. The maximum atomic E-state index is 11.8. The van der Waals surface area contributed by atoms with E-state index in [0.717, 1.165) is 9.26 Å². The molecule has 0 bridgehead atoms. The number of benzene rings is 2. The van der Waals surface area contributed by atoms with Crippen LogP contribution in [0.3, 0.4) is 0 Å². The topological polar surface area (TPSA) is 81.4 Å². The van der Waals surface area contributed by atoms with Crippen LogP contribution in [0, 0.1) is 3.57 Å². The van der Waals surface area contributed by atoms with Gasteiger partial charge in [-0.1, -0.05) is 6.07 Å². The monoisotopic (exact) mass is 396 g/mol. The summed E-state index contributed by atoms with van der Waals surface area (Å²) in [6, 6.07) is 13.8. The van der Waals surface area contributed by atoms with Crippen molar-refractivity contribution in [2.75, 3.05) is 11.9 Å². The van der Waals surface area contributed by atoms with E-state index >= 15 is 0 Å². The molecule has 5 nitrogen and oxygen atoms in total. The fraction of sp³-hybridized carbons (Fsp3) is 0.0667. The third kappa shape index (κ3) is 4.75. The van der Waals surface area contributed by atoms with E-state index in [2.05, 4.69) is 27.9 Å². The number of hydrogen-bond donors (Lipinski definition) is 2. The predicted molar refractivity (Wildman–Crippen MR) is 88.2 cm³/mol. The summed E-state index contributed by atoms with van der Waals surface area (Å²) < 4.78 is 6.37. The molecule has 6 heteroatoms. The van der Waals surface area contributed by atoms with Crippen LogP contribution in [-0.2, 0) is 4.79 Å². The first-order valence-corrected chi connectivity index (χ1v) is 7.20. The van der Waals surface area contributed by atoms with Crippen LogP contribution in [0.1, 0.15) is 10.4 Å². The van der Waals surface area contributed by atoms with Gasteiger partial charge in [-0.05, 0) is 65.1 Å². The summed E-state index contributed by atoms with van der Waals surface area (Å²) in [6.45, 7) is -0.110. The van der Waals surface area contributed by atoms with Crippen molar-refractivity contribution in [2.45, 2.75) is 0 Å². The van der Waals surface area contributed by atoms with Crippen LogP contribution in [0.5, 0.6) is 5.75 Å². The van der Waals surface area contributed by atoms with E-state index in [9.17, 15) is 9.59 Å². The Kier molecular flexibility index (Phi) is 5.15. The second kappa shape index (κ2) is 7.07. The minimum Gasteiger partial charge on any atom is -0.484 e. The Morgan fingerprint density at radius 2 is 1.86 bits per heavy atom. The van der Waals surface area contributed by atoms with Crippen LogP contribution in [-0.4, -0.2) is 18.4 Å². The first kappa shape index (κ1) is 15.3. The summed E-state index contributed by atoms with van der Waals surface area (Å²) >= 11 is 2.17. The summed E-state index contributed by atoms with van der Waals surface area (Å²) in [4.78, 5) is 22.7. The van der Waals surface area contributed by atoms with Gasteiger partial charge in [-0.25, -0.2) is 0 Å². The first-order valence-electron chi connectivity index (χ1n) is 6.12. The molecule has 0 saturated carbocycles. The van der Waals surface area contributed by atoms with Crippen molar-refractivity contribution >= 4 is 40.1 Å². The lowest BCUT2D eigenvalue weighted by atomic mass is 10.2. The van der Waals surface area contributed by atoms with Gasteiger partial charge in [0, 0.05) is 14.8 Å². The second-order valence-electron chi connectivity index (χ2n) is 4.24. The van der Waals surface area contributed by atoms with E-state index < -0.39 is 5.91 Å². The molecule has 0 unspecified atom stereocenters. The van der Waals surface area contributed by atoms with Gasteiger partial charge >= 0.3 is 0 Å². The van der Waals surface area contributed by atoms with Gasteiger partial charge in [-0.15, -0.1) is 0 Å². The van der Waals surface area contributed by atoms with Gasteiger partial charge in [-0.3, -0.25) is 9.59 Å². The minimum absolute atomic E-state index is 0.110. The van der Waals surface area contributed by atoms with Crippen molar-refractivity contribution in [3.8, 4) is 5.75 Å². The molecule has 2 rings (SSSR count). The van der Waals surface area contributed by atoms with E-state index in [0.29, 0.717) is 11.3 Å². The van der Waals surface area contributed by atoms with Crippen LogP contribution >= 0.6 is 22.6 Å². The van der Waals surface area contributed by atoms with E-state index in [1.807, 2.05) is 24.3 Å². The van der Waals surface area contributed by atoms with Gasteiger partial charge in [0.25, 0.3) is 5.91 Å². The summed E-state index contributed by atoms with van der Waals surface area (Å²) in [6.07, 6.45) is 0. The van der Waals surface area contributed by atoms with Crippen LogP contribution in [0.25, 0.3) is 0 Å². The van der Waals surface area contributed by atoms with Crippen LogP contribution in [0.2, 0.25) is 0 Å². The standard InChI is InChI=1S/C15H13IN2O3/c16-11-2-1-3-12(8-11)18-14(19)9-21-13-6-4-10(5-7-13)15(17)20/h1-8H,9H2,(H2,17,20)(H,18,19). The highest BCUT2D eigenvalue weighted by Crippen LogP contribution is 2.14. The molecule has 21 heavy (non-hydrogen) atoms. The molecule has 108 valence electrons. The molecule has 2 amide bonds. The van der Waals surface area contributed by atoms with Crippen molar-refractivity contribution in [1.29, 1.82) is 0 Å². The van der Waals surface area contributed by atoms with E-state index in [1.165, 1.54) is 0 Å². The van der Waals surface area contributed by atoms with Crippen LogP contribution in [0.4, 0.5) is 5.69 Å². The fourth-order valence-corrected chi connectivity index (χ4v) is 2.17. The van der Waals surface area contributed by atoms with Gasteiger partial charge in [0.1, 0.15) is 5.75 Å². The van der Waals surface area contributed by atoms with Gasteiger partial charge in [0.15, 0.2) is 6.61 Å². The molecule has 0 saturated heterocycles. The molecule has 0 aliphatic rings. The number of nitrogens with two attached hydrogens (primary N) is 1. The van der Waals surface area contributed by atoms with Crippen LogP contribution < -0.4 is 15.8 Å². The smallest absolute Gasteiger partial charge is 0.262 e. The zero-order chi connectivity index (χ0) is 15.2. The van der Waals surface area contributed by atoms with E-state index in [1.54, 1.807) is 24.3 Å². The Morgan fingerprint density at radius 1 is 1.14 bits per heavy atom. The van der Waals surface area contributed by atoms with E-state index in [4.69, 9.17) is 10.5 Å². The number of hydrogen-bond acceptors (Lipinski definition) is 3. The summed E-state index contributed by atoms with van der Waals surface area (Å²) in [5.41, 5.74) is 6.26. The predicted octanol–water partition coefficient (Wildman–Crippen LogP) is 2.41. The highest BCUT2D eigenvalue weighted by atomic mass is 127. The number of rotatable bonds is 5. The molecule has 0 atom stereocenters. The molecule has 2 aromatic rings. The third-order valence-corrected chi connectivity index (χ3v) is 3.29. The van der Waals surface area contributed by atoms with Crippen molar-refractivity contribution in [1.82, 2.24) is 0 Å². The number of carbonyl (C=O) groups is 2. The maximum absolute atomic E-state index is 11.8. The normalized spacial score (nSPS) is 9.95. The van der Waals surface area contributed by atoms with Crippen LogP contribution in [0.15, 0.2) is 48.5 Å². The van der Waals surface area contributed by atoms with Crippen molar-refractivity contribution in [3.63, 3.8) is 0 Å². The number of halogens is 1. The Bertz CT molecular complexity index is 656. The molecule has 0 aliphatic carbocycles. The SMILES string of the molecule is NC(=O)c1ccc(OCC(=O)Nc2cccc(I)c2)cc1. The zero-order valence-electron chi connectivity index (χ0n) is 11.0. The molecular formula is C15H13IN2O3. The fourth-order valence-electron chi connectivity index (χ4n) is 1.63. The largest absolute Gasteiger partial charge is 0.484 e. The average molecular weight is 396 g/mol. The number of primary amides is 1. The number of carbonyl (C=O) groups excluding carboxylic acids is 2. The molecule has 0 aliphatic heterocycles. The molecule has 0 aromatic heterocycles. The molecule has 3 N–H and O–H groups in total. The molecule has 0 fully saturated rings. The lowest BCUT2D eigenvalue weighted by Crippen LogP contribution is -2.20. The van der Waals surface area contributed by atoms with Gasteiger partial charge in [0.2, 0.25) is 5.91 Å². The number of amides is 2. The number of ether oxygens (including phenoxy) is 1.